The molecule has 0 saturated carbocycles. The number of nitrogens with one attached hydrogen (secondary N) is 1. The summed E-state index contributed by atoms with van der Waals surface area (Å²) in [6.07, 6.45) is 7.55. The van der Waals surface area contributed by atoms with Gasteiger partial charge in [0.15, 0.2) is 0 Å². The average Bonchev–Trinajstić information content (AvgIpc) is 2.90. The monoisotopic (exact) mass is 328 g/mol. The number of carbonyl (C=O) groups is 1. The number of carbonyl (C=O) groups excluding carboxylic acids is 1. The van der Waals surface area contributed by atoms with E-state index in [0.717, 1.165) is 31.5 Å². The highest BCUT2D eigenvalue weighted by Crippen LogP contribution is 2.13. The maximum absolute atomic E-state index is 12.9. The molecule has 1 aromatic carbocycles. The molecule has 5 nitrogen and oxygen atoms in total. The van der Waals surface area contributed by atoms with Crippen molar-refractivity contribution < 1.29 is 9.18 Å². The molecular formula is C18H21FN4O. The number of benzene rings is 1. The largest absolute Gasteiger partial charge is 0.365 e. The van der Waals surface area contributed by atoms with Crippen LogP contribution in [0.2, 0.25) is 0 Å². The van der Waals surface area contributed by atoms with Gasteiger partial charge in [0.1, 0.15) is 17.3 Å². The molecule has 1 saturated heterocycles. The molecule has 0 spiro atoms. The molecule has 6 heteroatoms. The normalized spacial score (nSPS) is 15.0. The number of amides is 1. The Balaban J connectivity index is 1.58. The van der Waals surface area contributed by atoms with E-state index in [1.165, 1.54) is 31.2 Å². The average molecular weight is 328 g/mol. The molecule has 1 aliphatic rings. The lowest BCUT2D eigenvalue weighted by molar-refractivity contribution is 0.0755. The first-order chi connectivity index (χ1) is 11.7. The van der Waals surface area contributed by atoms with Gasteiger partial charge in [-0.1, -0.05) is 25.0 Å². The van der Waals surface area contributed by atoms with Crippen molar-refractivity contribution in [1.29, 1.82) is 0 Å². The molecule has 126 valence electrons. The van der Waals surface area contributed by atoms with Crippen LogP contribution >= 0.6 is 0 Å². The zero-order chi connectivity index (χ0) is 16.8. The van der Waals surface area contributed by atoms with Gasteiger partial charge in [0.2, 0.25) is 0 Å². The summed E-state index contributed by atoms with van der Waals surface area (Å²) in [6.45, 7) is 2.12. The lowest BCUT2D eigenvalue weighted by Crippen LogP contribution is -2.32. The van der Waals surface area contributed by atoms with E-state index in [4.69, 9.17) is 0 Å². The van der Waals surface area contributed by atoms with Gasteiger partial charge < -0.3 is 10.2 Å². The number of aromatic nitrogens is 2. The number of hydrogen-bond donors (Lipinski definition) is 1. The van der Waals surface area contributed by atoms with Gasteiger partial charge in [0, 0.05) is 19.6 Å². The first kappa shape index (κ1) is 16.4. The predicted molar refractivity (Wildman–Crippen MR) is 90.1 cm³/mol. The van der Waals surface area contributed by atoms with Crippen molar-refractivity contribution in [2.24, 2.45) is 0 Å². The summed E-state index contributed by atoms with van der Waals surface area (Å²) in [7, 11) is 0. The van der Waals surface area contributed by atoms with Gasteiger partial charge >= 0.3 is 0 Å². The number of halogens is 1. The van der Waals surface area contributed by atoms with E-state index in [9.17, 15) is 9.18 Å². The van der Waals surface area contributed by atoms with Crippen LogP contribution in [0.4, 0.5) is 10.2 Å². The highest BCUT2D eigenvalue weighted by atomic mass is 19.1. The van der Waals surface area contributed by atoms with E-state index >= 15 is 0 Å². The second kappa shape index (κ2) is 7.86. The third kappa shape index (κ3) is 4.28. The SMILES string of the molecule is O=C(c1cnc(NCc2ccc(F)cc2)cn1)N1CCCCCC1. The lowest BCUT2D eigenvalue weighted by atomic mass is 10.2. The molecule has 3 rings (SSSR count). The number of likely N-dealkylation sites (tertiary alicyclic amines) is 1. The molecule has 24 heavy (non-hydrogen) atoms. The molecular weight excluding hydrogens is 307 g/mol. The summed E-state index contributed by atoms with van der Waals surface area (Å²) in [6, 6.07) is 6.28. The van der Waals surface area contributed by atoms with Gasteiger partial charge in [0.25, 0.3) is 5.91 Å². The second-order valence-electron chi connectivity index (χ2n) is 5.97. The van der Waals surface area contributed by atoms with E-state index in [1.54, 1.807) is 18.3 Å². The summed E-state index contributed by atoms with van der Waals surface area (Å²) in [5, 5.41) is 3.12. The Morgan fingerprint density at radius 1 is 1.04 bits per heavy atom. The standard InChI is InChI=1S/C18H21FN4O/c19-15-7-5-14(6-8-15)11-21-17-13-20-16(12-22-17)18(24)23-9-3-1-2-4-10-23/h5-8,12-13H,1-4,9-11H2,(H,21,22). The van der Waals surface area contributed by atoms with Gasteiger partial charge in [-0.05, 0) is 30.5 Å². The van der Waals surface area contributed by atoms with E-state index in [2.05, 4.69) is 15.3 Å². The molecule has 1 aromatic heterocycles. The lowest BCUT2D eigenvalue weighted by Gasteiger charge is -2.19. The van der Waals surface area contributed by atoms with E-state index in [0.29, 0.717) is 18.1 Å². The summed E-state index contributed by atoms with van der Waals surface area (Å²) in [5.41, 5.74) is 1.33. The van der Waals surface area contributed by atoms with Crippen molar-refractivity contribution in [3.05, 3.63) is 53.7 Å². The van der Waals surface area contributed by atoms with Gasteiger partial charge in [0.05, 0.1) is 12.4 Å². The van der Waals surface area contributed by atoms with Crippen LogP contribution in [-0.2, 0) is 6.54 Å². The second-order valence-corrected chi connectivity index (χ2v) is 5.97. The van der Waals surface area contributed by atoms with Crippen molar-refractivity contribution in [2.75, 3.05) is 18.4 Å². The molecule has 1 N–H and O–H groups in total. The minimum absolute atomic E-state index is 0.0468. The molecule has 1 aliphatic heterocycles. The maximum atomic E-state index is 12.9. The van der Waals surface area contributed by atoms with Crippen molar-refractivity contribution in [3.63, 3.8) is 0 Å². The zero-order valence-electron chi connectivity index (χ0n) is 13.5. The van der Waals surface area contributed by atoms with E-state index < -0.39 is 0 Å². The molecule has 2 aromatic rings. The van der Waals surface area contributed by atoms with Crippen LogP contribution in [0.3, 0.4) is 0 Å². The maximum Gasteiger partial charge on any atom is 0.274 e. The van der Waals surface area contributed by atoms with Crippen LogP contribution < -0.4 is 5.32 Å². The summed E-state index contributed by atoms with van der Waals surface area (Å²) in [4.78, 5) is 22.8. The third-order valence-corrected chi connectivity index (χ3v) is 4.15. The first-order valence-electron chi connectivity index (χ1n) is 8.32. The van der Waals surface area contributed by atoms with Crippen LogP contribution in [0.1, 0.15) is 41.7 Å². The molecule has 0 atom stereocenters. The Bertz CT molecular complexity index is 664. The van der Waals surface area contributed by atoms with Crippen molar-refractivity contribution in [1.82, 2.24) is 14.9 Å². The summed E-state index contributed by atoms with van der Waals surface area (Å²) >= 11 is 0. The molecule has 0 radical (unpaired) electrons. The number of anilines is 1. The Labute approximate surface area is 140 Å². The van der Waals surface area contributed by atoms with Crippen LogP contribution in [0, 0.1) is 5.82 Å². The Morgan fingerprint density at radius 2 is 1.75 bits per heavy atom. The fourth-order valence-electron chi connectivity index (χ4n) is 2.76. The minimum atomic E-state index is -0.255. The molecule has 0 aliphatic carbocycles. The Hall–Kier alpha value is -2.50. The fourth-order valence-corrected chi connectivity index (χ4v) is 2.76. The van der Waals surface area contributed by atoms with Gasteiger partial charge in [-0.25, -0.2) is 14.4 Å². The topological polar surface area (TPSA) is 58.1 Å². The van der Waals surface area contributed by atoms with Crippen LogP contribution in [-0.4, -0.2) is 33.9 Å². The number of hydrogen-bond acceptors (Lipinski definition) is 4. The zero-order valence-corrected chi connectivity index (χ0v) is 13.5. The van der Waals surface area contributed by atoms with Crippen molar-refractivity contribution in [3.8, 4) is 0 Å². The van der Waals surface area contributed by atoms with E-state index in [-0.39, 0.29) is 11.7 Å². The summed E-state index contributed by atoms with van der Waals surface area (Å²) < 4.78 is 12.9. The van der Waals surface area contributed by atoms with Gasteiger partial charge in [-0.15, -0.1) is 0 Å². The highest BCUT2D eigenvalue weighted by molar-refractivity contribution is 5.92. The fraction of sp³-hybridized carbons (Fsp3) is 0.389. The number of nitrogens with zero attached hydrogens (tertiary/aromatic N) is 3. The van der Waals surface area contributed by atoms with E-state index in [1.807, 2.05) is 4.90 Å². The Kier molecular flexibility index (Phi) is 5.36. The Morgan fingerprint density at radius 3 is 2.38 bits per heavy atom. The quantitative estimate of drug-likeness (QED) is 0.936. The van der Waals surface area contributed by atoms with Gasteiger partial charge in [-0.3, -0.25) is 4.79 Å². The number of rotatable bonds is 4. The van der Waals surface area contributed by atoms with Gasteiger partial charge in [-0.2, -0.15) is 0 Å². The molecule has 0 unspecified atom stereocenters. The van der Waals surface area contributed by atoms with Crippen LogP contribution in [0.15, 0.2) is 36.7 Å². The molecule has 0 bridgehead atoms. The molecule has 2 heterocycles. The molecule has 1 fully saturated rings. The highest BCUT2D eigenvalue weighted by Gasteiger charge is 2.18. The minimum Gasteiger partial charge on any atom is -0.365 e. The third-order valence-electron chi connectivity index (χ3n) is 4.15. The summed E-state index contributed by atoms with van der Waals surface area (Å²) in [5.74, 6) is 0.288. The smallest absolute Gasteiger partial charge is 0.274 e. The predicted octanol–water partition coefficient (Wildman–Crippen LogP) is 3.24. The van der Waals surface area contributed by atoms with Crippen molar-refractivity contribution >= 4 is 11.7 Å². The van der Waals surface area contributed by atoms with Crippen LogP contribution in [0.25, 0.3) is 0 Å². The molecule has 1 amide bonds. The van der Waals surface area contributed by atoms with Crippen LogP contribution in [0.5, 0.6) is 0 Å². The first-order valence-corrected chi connectivity index (χ1v) is 8.32. The van der Waals surface area contributed by atoms with Crippen molar-refractivity contribution in [2.45, 2.75) is 32.2 Å².